The number of phenolic OH excluding ortho intramolecular Hbond substituents is 2. The molecule has 0 aromatic heterocycles. The van der Waals surface area contributed by atoms with Gasteiger partial charge in [-0.05, 0) is 12.1 Å². The predicted molar refractivity (Wildman–Crippen MR) is 55.0 cm³/mol. The van der Waals surface area contributed by atoms with Crippen molar-refractivity contribution in [2.75, 3.05) is 0 Å². The number of aromatic hydroxyl groups is 2. The van der Waals surface area contributed by atoms with Gasteiger partial charge < -0.3 is 10.2 Å². The highest BCUT2D eigenvalue weighted by molar-refractivity contribution is 5.75. The minimum atomic E-state index is -1.29. The van der Waals surface area contributed by atoms with E-state index in [0.29, 0.717) is 24.3 Å². The van der Waals surface area contributed by atoms with E-state index in [0.717, 1.165) is 0 Å². The summed E-state index contributed by atoms with van der Waals surface area (Å²) in [5, 5.41) is 18.8. The Kier molecular flexibility index (Phi) is 2.86. The predicted octanol–water partition coefficient (Wildman–Crippen LogP) is 3.32. The Bertz CT molecular complexity index is 570. The van der Waals surface area contributed by atoms with Gasteiger partial charge in [-0.2, -0.15) is 0 Å². The molecule has 0 aliphatic carbocycles. The molecule has 0 unspecified atom stereocenters. The summed E-state index contributed by atoms with van der Waals surface area (Å²) in [6.45, 7) is 0. The molecule has 2 rings (SSSR count). The van der Waals surface area contributed by atoms with Crippen molar-refractivity contribution >= 4 is 0 Å². The molecule has 0 heterocycles. The quantitative estimate of drug-likeness (QED) is 0.770. The Morgan fingerprint density at radius 1 is 0.556 bits per heavy atom. The van der Waals surface area contributed by atoms with E-state index in [1.54, 1.807) is 0 Å². The van der Waals surface area contributed by atoms with Crippen LogP contribution in [0.3, 0.4) is 0 Å². The summed E-state index contributed by atoms with van der Waals surface area (Å²) in [5.74, 6) is -6.55. The first-order valence-electron chi connectivity index (χ1n) is 4.76. The molecule has 0 saturated heterocycles. The number of hydrogen-bond donors (Lipinski definition) is 2. The molecule has 2 nitrogen and oxygen atoms in total. The van der Waals surface area contributed by atoms with Crippen LogP contribution in [0.2, 0.25) is 0 Å². The van der Waals surface area contributed by atoms with Crippen molar-refractivity contribution in [3.63, 3.8) is 0 Å². The van der Waals surface area contributed by atoms with Crippen LogP contribution in [0.25, 0.3) is 11.1 Å². The second kappa shape index (κ2) is 4.21. The molecule has 0 aliphatic heterocycles. The number of benzene rings is 2. The Balaban J connectivity index is 2.69. The zero-order valence-electron chi connectivity index (χ0n) is 8.72. The maximum absolute atomic E-state index is 13.0. The SMILES string of the molecule is Oc1cc(F)c(F)cc1-c1cc(F)c(F)cc1O. The lowest BCUT2D eigenvalue weighted by molar-refractivity contribution is 0.448. The molecule has 0 saturated carbocycles. The second-order valence-electron chi connectivity index (χ2n) is 3.57. The van der Waals surface area contributed by atoms with Gasteiger partial charge in [0.25, 0.3) is 0 Å². The molecule has 6 heteroatoms. The summed E-state index contributed by atoms with van der Waals surface area (Å²) in [5.41, 5.74) is -0.685. The minimum Gasteiger partial charge on any atom is -0.507 e. The molecule has 0 spiro atoms. The van der Waals surface area contributed by atoms with Crippen LogP contribution in [0, 0.1) is 23.3 Å². The van der Waals surface area contributed by atoms with E-state index in [1.807, 2.05) is 0 Å². The number of phenols is 2. The molecule has 2 aromatic rings. The summed E-state index contributed by atoms with van der Waals surface area (Å²) in [4.78, 5) is 0. The normalized spacial score (nSPS) is 10.7. The second-order valence-corrected chi connectivity index (χ2v) is 3.57. The van der Waals surface area contributed by atoms with Crippen molar-refractivity contribution in [1.82, 2.24) is 0 Å². The van der Waals surface area contributed by atoms with Gasteiger partial charge in [0.1, 0.15) is 11.5 Å². The van der Waals surface area contributed by atoms with Crippen molar-refractivity contribution in [2.24, 2.45) is 0 Å². The Hall–Kier alpha value is -2.24. The van der Waals surface area contributed by atoms with Crippen LogP contribution in [-0.2, 0) is 0 Å². The number of rotatable bonds is 1. The summed E-state index contributed by atoms with van der Waals surface area (Å²) < 4.78 is 51.6. The number of halogens is 4. The molecule has 0 atom stereocenters. The standard InChI is InChI=1S/C12H6F4O2/c13-7-1-5(11(17)3-9(7)15)6-2-8(14)10(16)4-12(6)18/h1-4,17-18H. The fourth-order valence-electron chi connectivity index (χ4n) is 1.50. The molecule has 0 radical (unpaired) electrons. The zero-order valence-corrected chi connectivity index (χ0v) is 8.72. The molecular weight excluding hydrogens is 252 g/mol. The van der Waals surface area contributed by atoms with Gasteiger partial charge in [0.05, 0.1) is 0 Å². The summed E-state index contributed by atoms with van der Waals surface area (Å²) in [6.07, 6.45) is 0. The fourth-order valence-corrected chi connectivity index (χ4v) is 1.50. The van der Waals surface area contributed by atoms with Gasteiger partial charge >= 0.3 is 0 Å². The Morgan fingerprint density at radius 3 is 1.17 bits per heavy atom. The van der Waals surface area contributed by atoms with Crippen LogP contribution in [0.5, 0.6) is 11.5 Å². The van der Waals surface area contributed by atoms with Crippen LogP contribution in [-0.4, -0.2) is 10.2 Å². The molecule has 0 amide bonds. The summed E-state index contributed by atoms with van der Waals surface area (Å²) in [6, 6.07) is 2.12. The van der Waals surface area contributed by atoms with Crippen molar-refractivity contribution in [2.45, 2.75) is 0 Å². The average Bonchev–Trinajstić information content (AvgIpc) is 2.29. The molecule has 2 N–H and O–H groups in total. The van der Waals surface area contributed by atoms with Crippen molar-refractivity contribution < 1.29 is 27.8 Å². The van der Waals surface area contributed by atoms with Crippen molar-refractivity contribution in [3.05, 3.63) is 47.5 Å². The van der Waals surface area contributed by atoms with E-state index >= 15 is 0 Å². The van der Waals surface area contributed by atoms with Gasteiger partial charge in [0.15, 0.2) is 23.3 Å². The highest BCUT2D eigenvalue weighted by Gasteiger charge is 2.16. The third-order valence-corrected chi connectivity index (χ3v) is 2.37. The molecular formula is C12H6F4O2. The van der Waals surface area contributed by atoms with Gasteiger partial charge in [-0.15, -0.1) is 0 Å². The van der Waals surface area contributed by atoms with Crippen LogP contribution in [0.15, 0.2) is 24.3 Å². The van der Waals surface area contributed by atoms with Gasteiger partial charge in [-0.1, -0.05) is 0 Å². The third-order valence-electron chi connectivity index (χ3n) is 2.37. The number of hydrogen-bond acceptors (Lipinski definition) is 2. The topological polar surface area (TPSA) is 40.5 Å². The molecule has 0 fully saturated rings. The maximum atomic E-state index is 13.0. The third kappa shape index (κ3) is 1.97. The average molecular weight is 258 g/mol. The first-order chi connectivity index (χ1) is 8.40. The summed E-state index contributed by atoms with van der Waals surface area (Å²) >= 11 is 0. The van der Waals surface area contributed by atoms with E-state index in [2.05, 4.69) is 0 Å². The highest BCUT2D eigenvalue weighted by atomic mass is 19.2. The summed E-state index contributed by atoms with van der Waals surface area (Å²) in [7, 11) is 0. The molecule has 94 valence electrons. The molecule has 18 heavy (non-hydrogen) atoms. The van der Waals surface area contributed by atoms with Gasteiger partial charge in [-0.3, -0.25) is 0 Å². The lowest BCUT2D eigenvalue weighted by atomic mass is 10.0. The molecule has 2 aromatic carbocycles. The lowest BCUT2D eigenvalue weighted by Gasteiger charge is -2.08. The monoisotopic (exact) mass is 258 g/mol. The smallest absolute Gasteiger partial charge is 0.162 e. The van der Waals surface area contributed by atoms with Crippen LogP contribution in [0.4, 0.5) is 17.6 Å². The Morgan fingerprint density at radius 2 is 0.833 bits per heavy atom. The molecule has 0 bridgehead atoms. The Labute approximate surface area is 98.7 Å². The fraction of sp³-hybridized carbons (Fsp3) is 0. The first kappa shape index (κ1) is 12.2. The lowest BCUT2D eigenvalue weighted by Crippen LogP contribution is -1.90. The zero-order chi connectivity index (χ0) is 13.4. The minimum absolute atomic E-state index is 0.342. The molecule has 0 aliphatic rings. The van der Waals surface area contributed by atoms with Crippen molar-refractivity contribution in [1.29, 1.82) is 0 Å². The van der Waals surface area contributed by atoms with Gasteiger partial charge in [0, 0.05) is 23.3 Å². The van der Waals surface area contributed by atoms with Gasteiger partial charge in [-0.25, -0.2) is 17.6 Å². The van der Waals surface area contributed by atoms with Crippen LogP contribution >= 0.6 is 0 Å². The van der Waals surface area contributed by atoms with Crippen LogP contribution in [0.1, 0.15) is 0 Å². The first-order valence-corrected chi connectivity index (χ1v) is 4.76. The van der Waals surface area contributed by atoms with E-state index in [1.165, 1.54) is 0 Å². The highest BCUT2D eigenvalue weighted by Crippen LogP contribution is 2.37. The largest absolute Gasteiger partial charge is 0.507 e. The van der Waals surface area contributed by atoms with E-state index < -0.39 is 34.8 Å². The van der Waals surface area contributed by atoms with E-state index in [9.17, 15) is 27.8 Å². The maximum Gasteiger partial charge on any atom is 0.162 e. The van der Waals surface area contributed by atoms with E-state index in [4.69, 9.17) is 0 Å². The van der Waals surface area contributed by atoms with Crippen molar-refractivity contribution in [3.8, 4) is 22.6 Å². The van der Waals surface area contributed by atoms with Gasteiger partial charge in [0.2, 0.25) is 0 Å². The van der Waals surface area contributed by atoms with E-state index in [-0.39, 0.29) is 11.1 Å². The van der Waals surface area contributed by atoms with Crippen LogP contribution < -0.4 is 0 Å².